The van der Waals surface area contributed by atoms with E-state index in [9.17, 15) is 5.11 Å². The number of aliphatic hydroxyl groups excluding tert-OH is 1. The van der Waals surface area contributed by atoms with E-state index < -0.39 is 0 Å². The van der Waals surface area contributed by atoms with Gasteiger partial charge in [0.1, 0.15) is 0 Å². The zero-order valence-corrected chi connectivity index (χ0v) is 10.7. The van der Waals surface area contributed by atoms with E-state index in [1.54, 1.807) is 0 Å². The molecule has 3 unspecified atom stereocenters. The van der Waals surface area contributed by atoms with Gasteiger partial charge in [-0.15, -0.1) is 0 Å². The van der Waals surface area contributed by atoms with Crippen molar-refractivity contribution in [2.45, 2.75) is 58.0 Å². The highest BCUT2D eigenvalue weighted by Crippen LogP contribution is 2.26. The van der Waals surface area contributed by atoms with Crippen LogP contribution >= 0.6 is 0 Å². The summed E-state index contributed by atoms with van der Waals surface area (Å²) >= 11 is 0. The van der Waals surface area contributed by atoms with Gasteiger partial charge in [-0.25, -0.2) is 0 Å². The van der Waals surface area contributed by atoms with E-state index in [0.717, 1.165) is 18.9 Å². The number of hydrogen-bond acceptors (Lipinski definition) is 2. The van der Waals surface area contributed by atoms with E-state index in [1.165, 1.54) is 51.6 Å². The van der Waals surface area contributed by atoms with Crippen LogP contribution in [0.1, 0.15) is 51.9 Å². The largest absolute Gasteiger partial charge is 0.393 e. The van der Waals surface area contributed by atoms with E-state index in [-0.39, 0.29) is 6.10 Å². The average Bonchev–Trinajstić information content (AvgIpc) is 2.47. The highest BCUT2D eigenvalue weighted by atomic mass is 16.3. The molecular formula is C14H27NO. The molecule has 2 nitrogen and oxygen atoms in total. The highest BCUT2D eigenvalue weighted by Gasteiger charge is 2.25. The van der Waals surface area contributed by atoms with Gasteiger partial charge in [0.2, 0.25) is 0 Å². The molecule has 0 aromatic rings. The molecule has 2 heteroatoms. The maximum absolute atomic E-state index is 10.00. The van der Waals surface area contributed by atoms with Gasteiger partial charge < -0.3 is 10.0 Å². The normalized spacial score (nSPS) is 38.2. The zero-order chi connectivity index (χ0) is 11.4. The van der Waals surface area contributed by atoms with E-state index in [1.807, 2.05) is 0 Å². The van der Waals surface area contributed by atoms with Crippen LogP contribution in [0.25, 0.3) is 0 Å². The Morgan fingerprint density at radius 3 is 2.62 bits per heavy atom. The molecule has 1 aliphatic heterocycles. The third kappa shape index (κ3) is 3.46. The van der Waals surface area contributed by atoms with Gasteiger partial charge in [0.05, 0.1) is 6.10 Å². The zero-order valence-electron chi connectivity index (χ0n) is 10.7. The molecule has 0 aromatic carbocycles. The molecule has 0 aromatic heterocycles. The summed E-state index contributed by atoms with van der Waals surface area (Å²) in [6.07, 6.45) is 8.91. The molecule has 94 valence electrons. The van der Waals surface area contributed by atoms with Crippen LogP contribution in [0.3, 0.4) is 0 Å². The monoisotopic (exact) mass is 225 g/mol. The van der Waals surface area contributed by atoms with Crippen LogP contribution in [0.15, 0.2) is 0 Å². The first kappa shape index (κ1) is 12.4. The van der Waals surface area contributed by atoms with Crippen molar-refractivity contribution in [2.75, 3.05) is 19.6 Å². The van der Waals surface area contributed by atoms with Crippen LogP contribution in [0.2, 0.25) is 0 Å². The summed E-state index contributed by atoms with van der Waals surface area (Å²) in [5.41, 5.74) is 0. The number of rotatable bonds is 2. The van der Waals surface area contributed by atoms with Gasteiger partial charge in [0, 0.05) is 6.54 Å². The van der Waals surface area contributed by atoms with Crippen LogP contribution in [-0.2, 0) is 0 Å². The molecule has 2 aliphatic rings. The van der Waals surface area contributed by atoms with Crippen LogP contribution in [-0.4, -0.2) is 35.7 Å². The molecule has 1 saturated carbocycles. The van der Waals surface area contributed by atoms with Crippen molar-refractivity contribution >= 4 is 0 Å². The predicted octanol–water partition coefficient (Wildman–Crippen LogP) is 2.66. The number of nitrogens with zero attached hydrogens (tertiary/aromatic N) is 1. The van der Waals surface area contributed by atoms with E-state index in [0.29, 0.717) is 5.92 Å². The topological polar surface area (TPSA) is 23.5 Å². The van der Waals surface area contributed by atoms with Gasteiger partial charge in [0.15, 0.2) is 0 Å². The van der Waals surface area contributed by atoms with Gasteiger partial charge in [-0.2, -0.15) is 0 Å². The quantitative estimate of drug-likeness (QED) is 0.781. The molecule has 1 N–H and O–H groups in total. The second-order valence-electron chi connectivity index (χ2n) is 5.95. The van der Waals surface area contributed by atoms with Crippen molar-refractivity contribution in [3.05, 3.63) is 0 Å². The number of likely N-dealkylation sites (tertiary alicyclic amines) is 1. The Balaban J connectivity index is 1.79. The van der Waals surface area contributed by atoms with Crippen molar-refractivity contribution in [1.82, 2.24) is 4.90 Å². The van der Waals surface area contributed by atoms with Crippen LogP contribution in [0.5, 0.6) is 0 Å². The Labute approximate surface area is 100 Å². The van der Waals surface area contributed by atoms with Crippen molar-refractivity contribution in [2.24, 2.45) is 11.8 Å². The molecule has 2 fully saturated rings. The first-order chi connectivity index (χ1) is 7.75. The summed E-state index contributed by atoms with van der Waals surface area (Å²) in [4.78, 5) is 2.60. The minimum absolute atomic E-state index is 0.0190. The Morgan fingerprint density at radius 2 is 1.81 bits per heavy atom. The molecule has 1 saturated heterocycles. The Hall–Kier alpha value is -0.0800. The fraction of sp³-hybridized carbons (Fsp3) is 1.00. The summed E-state index contributed by atoms with van der Waals surface area (Å²) < 4.78 is 0. The van der Waals surface area contributed by atoms with Gasteiger partial charge in [-0.1, -0.05) is 19.8 Å². The Bertz CT molecular complexity index is 207. The second kappa shape index (κ2) is 6.02. The maximum Gasteiger partial charge on any atom is 0.0580 e. The summed E-state index contributed by atoms with van der Waals surface area (Å²) in [6, 6.07) is 0. The third-order valence-corrected chi connectivity index (χ3v) is 4.47. The minimum atomic E-state index is -0.0190. The minimum Gasteiger partial charge on any atom is -0.393 e. The van der Waals surface area contributed by atoms with Gasteiger partial charge in [-0.3, -0.25) is 0 Å². The van der Waals surface area contributed by atoms with Crippen LogP contribution in [0, 0.1) is 11.8 Å². The molecule has 1 aliphatic carbocycles. The summed E-state index contributed by atoms with van der Waals surface area (Å²) in [5.74, 6) is 1.46. The molecule has 0 amide bonds. The summed E-state index contributed by atoms with van der Waals surface area (Å²) in [6.45, 7) is 6.03. The van der Waals surface area contributed by atoms with Gasteiger partial charge >= 0.3 is 0 Å². The first-order valence-corrected chi connectivity index (χ1v) is 7.16. The second-order valence-corrected chi connectivity index (χ2v) is 5.95. The molecular weight excluding hydrogens is 198 g/mol. The average molecular weight is 225 g/mol. The molecule has 1 heterocycles. The lowest BCUT2D eigenvalue weighted by molar-refractivity contribution is 0.0470. The van der Waals surface area contributed by atoms with Crippen LogP contribution in [0.4, 0.5) is 0 Å². The molecule has 3 atom stereocenters. The Morgan fingerprint density at radius 1 is 1.00 bits per heavy atom. The molecule has 0 spiro atoms. The van der Waals surface area contributed by atoms with Crippen molar-refractivity contribution < 1.29 is 5.11 Å². The number of hydrogen-bond donors (Lipinski definition) is 1. The Kier molecular flexibility index (Phi) is 4.66. The molecule has 16 heavy (non-hydrogen) atoms. The van der Waals surface area contributed by atoms with Crippen molar-refractivity contribution in [3.8, 4) is 0 Å². The first-order valence-electron chi connectivity index (χ1n) is 7.16. The molecule has 0 bridgehead atoms. The molecule has 0 radical (unpaired) electrons. The molecule has 2 rings (SSSR count). The van der Waals surface area contributed by atoms with Gasteiger partial charge in [-0.05, 0) is 57.0 Å². The van der Waals surface area contributed by atoms with E-state index in [4.69, 9.17) is 0 Å². The van der Waals surface area contributed by atoms with Crippen molar-refractivity contribution in [1.29, 1.82) is 0 Å². The highest BCUT2D eigenvalue weighted by molar-refractivity contribution is 4.78. The predicted molar refractivity (Wildman–Crippen MR) is 67.4 cm³/mol. The number of aliphatic hydroxyl groups is 1. The van der Waals surface area contributed by atoms with Gasteiger partial charge in [0.25, 0.3) is 0 Å². The standard InChI is InChI=1S/C14H27NO/c1-12-5-4-9-15(10-8-12)11-13-6-2-3-7-14(13)16/h12-14,16H,2-11H2,1H3. The van der Waals surface area contributed by atoms with Crippen molar-refractivity contribution in [3.63, 3.8) is 0 Å². The fourth-order valence-electron chi connectivity index (χ4n) is 3.24. The summed E-state index contributed by atoms with van der Waals surface area (Å²) in [7, 11) is 0. The SMILES string of the molecule is CC1CCCN(CC2CCCCC2O)CC1. The summed E-state index contributed by atoms with van der Waals surface area (Å²) in [5, 5.41) is 10.00. The fourth-order valence-corrected chi connectivity index (χ4v) is 3.24. The van der Waals surface area contributed by atoms with E-state index >= 15 is 0 Å². The third-order valence-electron chi connectivity index (χ3n) is 4.47. The lowest BCUT2D eigenvalue weighted by Crippen LogP contribution is -2.37. The van der Waals surface area contributed by atoms with Crippen LogP contribution < -0.4 is 0 Å². The maximum atomic E-state index is 10.00. The smallest absolute Gasteiger partial charge is 0.0580 e. The van der Waals surface area contributed by atoms with E-state index in [2.05, 4.69) is 11.8 Å². The lowest BCUT2D eigenvalue weighted by Gasteiger charge is -2.32. The lowest BCUT2D eigenvalue weighted by atomic mass is 9.86.